The van der Waals surface area contributed by atoms with Gasteiger partial charge in [-0.05, 0) is 44.0 Å². The number of nitrogens with zero attached hydrogens (tertiary/aromatic N) is 1. The second-order valence-electron chi connectivity index (χ2n) is 5.82. The van der Waals surface area contributed by atoms with Crippen molar-refractivity contribution in [2.45, 2.75) is 43.2 Å². The zero-order chi connectivity index (χ0) is 12.8. The van der Waals surface area contributed by atoms with E-state index in [9.17, 15) is 10.2 Å². The smallest absolute Gasteiger partial charge is 0.115 e. The molecule has 0 radical (unpaired) electrons. The van der Waals surface area contributed by atoms with E-state index >= 15 is 0 Å². The van der Waals surface area contributed by atoms with E-state index in [1.807, 2.05) is 12.1 Å². The Morgan fingerprint density at radius 2 is 2.28 bits per heavy atom. The third kappa shape index (κ3) is 1.57. The van der Waals surface area contributed by atoms with Gasteiger partial charge < -0.3 is 10.2 Å². The number of fused-ring (bicyclic) bond motifs is 2. The maximum Gasteiger partial charge on any atom is 0.115 e. The van der Waals surface area contributed by atoms with Crippen molar-refractivity contribution in [3.63, 3.8) is 0 Å². The molecule has 2 bridgehead atoms. The number of likely N-dealkylation sites (tertiary alicyclic amines) is 1. The average molecular weight is 247 g/mol. The fourth-order valence-corrected chi connectivity index (χ4v) is 4.15. The van der Waals surface area contributed by atoms with Crippen LogP contribution in [0.2, 0.25) is 0 Å². The summed E-state index contributed by atoms with van der Waals surface area (Å²) in [5, 5.41) is 19.5. The summed E-state index contributed by atoms with van der Waals surface area (Å²) >= 11 is 0. The fourth-order valence-electron chi connectivity index (χ4n) is 4.15. The van der Waals surface area contributed by atoms with Gasteiger partial charge in [0.25, 0.3) is 0 Å². The van der Waals surface area contributed by atoms with Crippen molar-refractivity contribution in [2.24, 2.45) is 0 Å². The van der Waals surface area contributed by atoms with Crippen molar-refractivity contribution in [1.82, 2.24) is 4.90 Å². The summed E-state index contributed by atoms with van der Waals surface area (Å²) in [4.78, 5) is 2.34. The van der Waals surface area contributed by atoms with Gasteiger partial charge in [-0.3, -0.25) is 4.90 Å². The van der Waals surface area contributed by atoms with Gasteiger partial charge in [0.2, 0.25) is 0 Å². The highest BCUT2D eigenvalue weighted by molar-refractivity contribution is 5.37. The highest BCUT2D eigenvalue weighted by atomic mass is 16.3. The third-order valence-corrected chi connectivity index (χ3v) is 5.06. The van der Waals surface area contributed by atoms with E-state index in [1.54, 1.807) is 6.07 Å². The summed E-state index contributed by atoms with van der Waals surface area (Å²) in [6, 6.07) is 8.38. The Hall–Kier alpha value is -1.06. The number of likely N-dealkylation sites (N-methyl/N-ethyl adjacent to an activating group) is 1. The van der Waals surface area contributed by atoms with Gasteiger partial charge in [-0.2, -0.15) is 0 Å². The summed E-state index contributed by atoms with van der Waals surface area (Å²) in [6.45, 7) is 0.197. The zero-order valence-electron chi connectivity index (χ0n) is 10.8. The maximum atomic E-state index is 9.78. The van der Waals surface area contributed by atoms with Crippen LogP contribution >= 0.6 is 0 Å². The van der Waals surface area contributed by atoms with Crippen LogP contribution in [0.3, 0.4) is 0 Å². The summed E-state index contributed by atoms with van der Waals surface area (Å²) < 4.78 is 0. The number of phenolic OH excluding ortho intramolecular Hbond substituents is 1. The molecule has 3 atom stereocenters. The molecule has 3 heteroatoms. The Labute approximate surface area is 108 Å². The quantitative estimate of drug-likeness (QED) is 0.838. The molecule has 1 aromatic rings. The van der Waals surface area contributed by atoms with E-state index in [1.165, 1.54) is 18.4 Å². The number of rotatable bonds is 2. The third-order valence-electron chi connectivity index (χ3n) is 5.06. The Kier molecular flexibility index (Phi) is 2.83. The summed E-state index contributed by atoms with van der Waals surface area (Å²) in [7, 11) is 2.13. The van der Waals surface area contributed by atoms with Gasteiger partial charge >= 0.3 is 0 Å². The molecule has 2 fully saturated rings. The minimum absolute atomic E-state index is 0.0329. The van der Waals surface area contributed by atoms with Crippen LogP contribution < -0.4 is 0 Å². The van der Waals surface area contributed by atoms with Gasteiger partial charge in [0.1, 0.15) is 5.75 Å². The van der Waals surface area contributed by atoms with Crippen molar-refractivity contribution < 1.29 is 10.2 Å². The van der Waals surface area contributed by atoms with Gasteiger partial charge in [-0.15, -0.1) is 0 Å². The Bertz CT molecular complexity index is 448. The van der Waals surface area contributed by atoms with Gasteiger partial charge in [-0.25, -0.2) is 0 Å². The minimum Gasteiger partial charge on any atom is -0.508 e. The molecule has 2 N–H and O–H groups in total. The van der Waals surface area contributed by atoms with Gasteiger partial charge in [0.15, 0.2) is 0 Å². The van der Waals surface area contributed by atoms with E-state index < -0.39 is 0 Å². The summed E-state index contributed by atoms with van der Waals surface area (Å²) in [5.41, 5.74) is 1.22. The molecule has 0 spiro atoms. The standard InChI is InChI=1S/C15H21NO2/c1-16-12-5-3-7-15(9-12,14(16)10-17)11-4-2-6-13(18)8-11/h2,4,6,8,12,14,17-18H,3,5,7,9-10H2,1H3/t12-,14+,15+/m1/s1. The lowest BCUT2D eigenvalue weighted by molar-refractivity contribution is 0.131. The van der Waals surface area contributed by atoms with E-state index in [2.05, 4.69) is 18.0 Å². The number of hydrogen-bond acceptors (Lipinski definition) is 3. The molecular formula is C15H21NO2. The van der Waals surface area contributed by atoms with Crippen LogP contribution in [-0.4, -0.2) is 40.9 Å². The molecule has 3 nitrogen and oxygen atoms in total. The lowest BCUT2D eigenvalue weighted by Gasteiger charge is -2.37. The SMILES string of the molecule is CN1[C@@H]2CCC[C@@](c3cccc(O)c3)(C2)[C@@H]1CO. The maximum absolute atomic E-state index is 9.78. The molecule has 1 aliphatic carbocycles. The van der Waals surface area contributed by atoms with Crippen LogP contribution in [0.4, 0.5) is 0 Å². The van der Waals surface area contributed by atoms with Crippen LogP contribution in [0.15, 0.2) is 24.3 Å². The van der Waals surface area contributed by atoms with Gasteiger partial charge in [0.05, 0.1) is 6.61 Å². The monoisotopic (exact) mass is 247 g/mol. The second-order valence-corrected chi connectivity index (χ2v) is 5.82. The molecule has 1 aromatic carbocycles. The number of aromatic hydroxyl groups is 1. The van der Waals surface area contributed by atoms with Crippen molar-refractivity contribution in [1.29, 1.82) is 0 Å². The molecule has 18 heavy (non-hydrogen) atoms. The molecular weight excluding hydrogens is 226 g/mol. The molecule has 0 aromatic heterocycles. The number of phenols is 1. The molecule has 1 heterocycles. The van der Waals surface area contributed by atoms with Crippen molar-refractivity contribution >= 4 is 0 Å². The zero-order valence-corrected chi connectivity index (χ0v) is 10.8. The lowest BCUT2D eigenvalue weighted by Crippen LogP contribution is -2.43. The molecule has 0 amide bonds. The van der Waals surface area contributed by atoms with E-state index in [-0.39, 0.29) is 18.1 Å². The summed E-state index contributed by atoms with van der Waals surface area (Å²) in [5.74, 6) is 0.329. The number of benzene rings is 1. The van der Waals surface area contributed by atoms with Crippen LogP contribution in [-0.2, 0) is 5.41 Å². The van der Waals surface area contributed by atoms with Gasteiger partial charge in [0, 0.05) is 17.5 Å². The van der Waals surface area contributed by atoms with Gasteiger partial charge in [-0.1, -0.05) is 18.6 Å². The molecule has 1 saturated carbocycles. The number of aliphatic hydroxyl groups excluding tert-OH is 1. The van der Waals surface area contributed by atoms with E-state index in [0.29, 0.717) is 11.8 Å². The highest BCUT2D eigenvalue weighted by Gasteiger charge is 2.53. The lowest BCUT2D eigenvalue weighted by atomic mass is 9.67. The second kappa shape index (κ2) is 4.25. The molecule has 3 rings (SSSR count). The largest absolute Gasteiger partial charge is 0.508 e. The molecule has 98 valence electrons. The van der Waals surface area contributed by atoms with Crippen molar-refractivity contribution in [3.05, 3.63) is 29.8 Å². The van der Waals surface area contributed by atoms with Crippen molar-refractivity contribution in [3.8, 4) is 5.75 Å². The Morgan fingerprint density at radius 1 is 1.44 bits per heavy atom. The van der Waals surface area contributed by atoms with Crippen LogP contribution in [0.1, 0.15) is 31.2 Å². The first-order chi connectivity index (χ1) is 8.67. The summed E-state index contributed by atoms with van der Waals surface area (Å²) in [6.07, 6.45) is 4.66. The first-order valence-electron chi connectivity index (χ1n) is 6.80. The molecule has 2 aliphatic rings. The van der Waals surface area contributed by atoms with E-state index in [4.69, 9.17) is 0 Å². The van der Waals surface area contributed by atoms with Crippen molar-refractivity contribution in [2.75, 3.05) is 13.7 Å². The van der Waals surface area contributed by atoms with Crippen LogP contribution in [0.25, 0.3) is 0 Å². The van der Waals surface area contributed by atoms with Crippen LogP contribution in [0.5, 0.6) is 5.75 Å². The Balaban J connectivity index is 2.06. The number of hydrogen-bond donors (Lipinski definition) is 2. The topological polar surface area (TPSA) is 43.7 Å². The number of aliphatic hydroxyl groups is 1. The molecule has 0 unspecified atom stereocenters. The molecule has 1 saturated heterocycles. The van der Waals surface area contributed by atoms with E-state index in [0.717, 1.165) is 12.8 Å². The average Bonchev–Trinajstić information content (AvgIpc) is 2.58. The predicted octanol–water partition coefficient (Wildman–Crippen LogP) is 1.88. The predicted molar refractivity (Wildman–Crippen MR) is 70.7 cm³/mol. The molecule has 1 aliphatic heterocycles. The Morgan fingerprint density at radius 3 is 3.00 bits per heavy atom. The minimum atomic E-state index is 0.0329. The fraction of sp³-hybridized carbons (Fsp3) is 0.600. The normalized spacial score (nSPS) is 35.9. The van der Waals surface area contributed by atoms with Crippen LogP contribution in [0, 0.1) is 0 Å². The first kappa shape index (κ1) is 12.0. The highest BCUT2D eigenvalue weighted by Crippen LogP contribution is 2.51. The first-order valence-corrected chi connectivity index (χ1v) is 6.80.